The van der Waals surface area contributed by atoms with Gasteiger partial charge in [-0.05, 0) is 37.3 Å². The van der Waals surface area contributed by atoms with Crippen LogP contribution < -0.4 is 16.0 Å². The third-order valence-corrected chi connectivity index (χ3v) is 6.29. The molecular formula is C21H20N4O4S. The number of hydrogen-bond donors (Lipinski definition) is 1. The summed E-state index contributed by atoms with van der Waals surface area (Å²) < 4.78 is 13.0. The maximum Gasteiger partial charge on any atom is 0.420 e. The van der Waals surface area contributed by atoms with E-state index in [1.165, 1.54) is 4.57 Å². The lowest BCUT2D eigenvalue weighted by molar-refractivity contribution is -0.118. The third-order valence-electron chi connectivity index (χ3n) is 5.21. The molecule has 0 spiro atoms. The summed E-state index contributed by atoms with van der Waals surface area (Å²) in [6, 6.07) is 12.0. The van der Waals surface area contributed by atoms with Gasteiger partial charge in [-0.15, -0.1) is 0 Å². The number of oxazole rings is 1. The summed E-state index contributed by atoms with van der Waals surface area (Å²) >= 11 is 1.59. The van der Waals surface area contributed by atoms with Crippen LogP contribution in [0.1, 0.15) is 13.0 Å². The number of rotatable bonds is 4. The molecule has 0 aliphatic carbocycles. The summed E-state index contributed by atoms with van der Waals surface area (Å²) in [6.07, 6.45) is 0. The van der Waals surface area contributed by atoms with Crippen molar-refractivity contribution >= 4 is 49.4 Å². The van der Waals surface area contributed by atoms with Crippen LogP contribution in [-0.2, 0) is 9.53 Å². The van der Waals surface area contributed by atoms with Crippen LogP contribution in [0.3, 0.4) is 0 Å². The Bertz CT molecular complexity index is 1290. The quantitative estimate of drug-likeness (QED) is 0.541. The predicted molar refractivity (Wildman–Crippen MR) is 116 cm³/mol. The molecule has 4 aromatic rings. The van der Waals surface area contributed by atoms with Crippen LogP contribution in [-0.4, -0.2) is 41.8 Å². The molecule has 1 N–H and O–H groups in total. The second-order valence-electron chi connectivity index (χ2n) is 7.15. The van der Waals surface area contributed by atoms with Crippen LogP contribution in [0, 0.1) is 0 Å². The fourth-order valence-electron chi connectivity index (χ4n) is 3.59. The van der Waals surface area contributed by atoms with Gasteiger partial charge in [0.15, 0.2) is 10.7 Å². The van der Waals surface area contributed by atoms with Crippen LogP contribution in [0.4, 0.5) is 10.8 Å². The lowest BCUT2D eigenvalue weighted by Gasteiger charge is -2.25. The van der Waals surface area contributed by atoms with Crippen molar-refractivity contribution in [2.45, 2.75) is 13.0 Å². The molecule has 30 heavy (non-hydrogen) atoms. The average molecular weight is 424 g/mol. The van der Waals surface area contributed by atoms with Gasteiger partial charge in [0.1, 0.15) is 6.04 Å². The molecule has 1 aliphatic heterocycles. The molecule has 1 saturated heterocycles. The predicted octanol–water partition coefficient (Wildman–Crippen LogP) is 3.24. The molecule has 154 valence electrons. The highest BCUT2D eigenvalue weighted by Gasteiger charge is 2.22. The Hall–Kier alpha value is -3.17. The number of hydrogen-bond acceptors (Lipinski definition) is 7. The molecule has 5 rings (SSSR count). The normalized spacial score (nSPS) is 15.6. The number of para-hydroxylation sites is 2. The topological polar surface area (TPSA) is 89.6 Å². The van der Waals surface area contributed by atoms with Gasteiger partial charge in [0, 0.05) is 18.8 Å². The molecule has 8 nitrogen and oxygen atoms in total. The molecule has 0 radical (unpaired) electrons. The average Bonchev–Trinajstić information content (AvgIpc) is 3.33. The van der Waals surface area contributed by atoms with E-state index in [2.05, 4.69) is 10.2 Å². The molecule has 1 aliphatic rings. The number of amides is 1. The van der Waals surface area contributed by atoms with E-state index in [1.807, 2.05) is 24.3 Å². The lowest BCUT2D eigenvalue weighted by Crippen LogP contribution is -2.36. The smallest absolute Gasteiger partial charge is 0.408 e. The molecule has 2 aromatic carbocycles. The Balaban J connectivity index is 1.38. The summed E-state index contributed by atoms with van der Waals surface area (Å²) in [5, 5.41) is 3.87. The number of fused-ring (bicyclic) bond motifs is 2. The van der Waals surface area contributed by atoms with Crippen molar-refractivity contribution in [3.8, 4) is 0 Å². The van der Waals surface area contributed by atoms with Crippen LogP contribution in [0.15, 0.2) is 51.7 Å². The van der Waals surface area contributed by atoms with E-state index in [-0.39, 0.29) is 5.91 Å². The van der Waals surface area contributed by atoms with E-state index in [4.69, 9.17) is 14.1 Å². The lowest BCUT2D eigenvalue weighted by atomic mass is 10.2. The van der Waals surface area contributed by atoms with Crippen molar-refractivity contribution in [3.63, 3.8) is 0 Å². The number of carbonyl (C=O) groups is 1. The van der Waals surface area contributed by atoms with Gasteiger partial charge in [0.05, 0.1) is 28.9 Å². The summed E-state index contributed by atoms with van der Waals surface area (Å²) in [5.41, 5.74) is 2.61. The minimum atomic E-state index is -0.720. The van der Waals surface area contributed by atoms with E-state index >= 15 is 0 Å². The number of anilines is 2. The Morgan fingerprint density at radius 1 is 1.20 bits per heavy atom. The van der Waals surface area contributed by atoms with E-state index in [0.717, 1.165) is 28.4 Å². The number of carbonyl (C=O) groups excluding carboxylic acids is 1. The fraction of sp³-hybridized carbons (Fsp3) is 0.286. The largest absolute Gasteiger partial charge is 0.420 e. The van der Waals surface area contributed by atoms with E-state index in [1.54, 1.807) is 36.5 Å². The fourth-order valence-corrected chi connectivity index (χ4v) is 4.65. The number of ether oxygens (including phenoxy) is 1. The molecule has 0 saturated carbocycles. The zero-order chi connectivity index (χ0) is 20.7. The number of nitrogens with one attached hydrogen (secondary N) is 1. The van der Waals surface area contributed by atoms with Gasteiger partial charge in [-0.3, -0.25) is 9.36 Å². The van der Waals surface area contributed by atoms with Crippen molar-refractivity contribution in [2.24, 2.45) is 0 Å². The highest BCUT2D eigenvalue weighted by molar-refractivity contribution is 7.22. The van der Waals surface area contributed by atoms with Crippen LogP contribution >= 0.6 is 11.3 Å². The van der Waals surface area contributed by atoms with Crippen LogP contribution in [0.2, 0.25) is 0 Å². The number of aromatic nitrogens is 2. The zero-order valence-electron chi connectivity index (χ0n) is 16.3. The number of nitrogens with zero attached hydrogens (tertiary/aromatic N) is 3. The number of benzene rings is 2. The summed E-state index contributed by atoms with van der Waals surface area (Å²) in [6.45, 7) is 4.75. The monoisotopic (exact) mass is 424 g/mol. The van der Waals surface area contributed by atoms with Gasteiger partial charge in [-0.1, -0.05) is 23.5 Å². The van der Waals surface area contributed by atoms with E-state index < -0.39 is 11.8 Å². The summed E-state index contributed by atoms with van der Waals surface area (Å²) in [7, 11) is 0. The van der Waals surface area contributed by atoms with Crippen molar-refractivity contribution in [2.75, 3.05) is 36.5 Å². The molecule has 2 aromatic heterocycles. The Morgan fingerprint density at radius 3 is 2.83 bits per heavy atom. The van der Waals surface area contributed by atoms with Crippen molar-refractivity contribution in [3.05, 3.63) is 53.0 Å². The molecule has 1 amide bonds. The Labute approximate surface area is 175 Å². The van der Waals surface area contributed by atoms with Crippen LogP contribution in [0.5, 0.6) is 0 Å². The van der Waals surface area contributed by atoms with Crippen LogP contribution in [0.25, 0.3) is 21.3 Å². The maximum absolute atomic E-state index is 12.8. The summed E-state index contributed by atoms with van der Waals surface area (Å²) in [5.74, 6) is -0.840. The van der Waals surface area contributed by atoms with Gasteiger partial charge in [-0.2, -0.15) is 0 Å². The molecule has 1 unspecified atom stereocenters. The molecule has 3 heterocycles. The van der Waals surface area contributed by atoms with Crippen molar-refractivity contribution < 1.29 is 13.9 Å². The van der Waals surface area contributed by atoms with Crippen molar-refractivity contribution in [1.82, 2.24) is 9.55 Å². The van der Waals surface area contributed by atoms with Gasteiger partial charge in [-0.25, -0.2) is 9.78 Å². The minimum absolute atomic E-state index is 0.291. The first-order valence-corrected chi connectivity index (χ1v) is 10.6. The van der Waals surface area contributed by atoms with E-state index in [9.17, 15) is 9.59 Å². The van der Waals surface area contributed by atoms with Gasteiger partial charge in [0.2, 0.25) is 5.91 Å². The zero-order valence-corrected chi connectivity index (χ0v) is 17.1. The molecular weight excluding hydrogens is 404 g/mol. The number of morpholine rings is 1. The standard InChI is InChI=1S/C21H20N4O4S/c1-13(25-16-4-2-3-5-17(16)29-21(25)27)19(26)22-14-6-7-15-18(12-14)30-20(23-15)24-8-10-28-11-9-24/h2-7,12-13H,8-11H2,1H3,(H,22,26). The Morgan fingerprint density at radius 2 is 2.00 bits per heavy atom. The van der Waals surface area contributed by atoms with Gasteiger partial charge >= 0.3 is 5.76 Å². The van der Waals surface area contributed by atoms with Gasteiger partial charge in [0.25, 0.3) is 0 Å². The first-order chi connectivity index (χ1) is 14.6. The summed E-state index contributed by atoms with van der Waals surface area (Å²) in [4.78, 5) is 32.0. The molecule has 1 fully saturated rings. The molecule has 1 atom stereocenters. The highest BCUT2D eigenvalue weighted by atomic mass is 32.1. The maximum atomic E-state index is 12.8. The first kappa shape index (κ1) is 18.8. The molecule has 9 heteroatoms. The van der Waals surface area contributed by atoms with Crippen molar-refractivity contribution in [1.29, 1.82) is 0 Å². The number of thiazole rings is 1. The van der Waals surface area contributed by atoms with Gasteiger partial charge < -0.3 is 19.4 Å². The first-order valence-electron chi connectivity index (χ1n) is 9.74. The third kappa shape index (κ3) is 3.35. The SMILES string of the molecule is CC(C(=O)Nc1ccc2nc(N3CCOCC3)sc2c1)n1c(=O)oc2ccccc21. The van der Waals surface area contributed by atoms with E-state index in [0.29, 0.717) is 30.0 Å². The Kier molecular flexibility index (Phi) is 4.76. The second-order valence-corrected chi connectivity index (χ2v) is 8.16. The highest BCUT2D eigenvalue weighted by Crippen LogP contribution is 2.31. The second kappa shape index (κ2) is 7.58. The minimum Gasteiger partial charge on any atom is -0.408 e. The molecule has 0 bridgehead atoms.